The molecule has 0 saturated carbocycles. The minimum absolute atomic E-state index is 0. The molecule has 0 aromatic carbocycles. The topological polar surface area (TPSA) is 220 Å². The van der Waals surface area contributed by atoms with Crippen molar-refractivity contribution in [2.45, 2.75) is 0 Å². The van der Waals surface area contributed by atoms with Gasteiger partial charge in [0.05, 0.1) is 0 Å². The second kappa shape index (κ2) is 335. The summed E-state index contributed by atoms with van der Waals surface area (Å²) in [7, 11) is 0. The molecule has 0 atom stereocenters. The van der Waals surface area contributed by atoms with E-state index in [2.05, 4.69) is 0 Å². The van der Waals surface area contributed by atoms with Crippen LogP contribution in [0.3, 0.4) is 0 Å². The molecule has 0 fully saturated rings. The van der Waals surface area contributed by atoms with Crippen molar-refractivity contribution in [3.05, 3.63) is 0 Å². The summed E-state index contributed by atoms with van der Waals surface area (Å²) in [5, 5.41) is 0. The summed E-state index contributed by atoms with van der Waals surface area (Å²) < 4.78 is 0. The largest absolute Gasteiger partial charge is 0.412 e. The SMILES string of the molecule is O.O.O.O.O.O.O.[Mo].[Na]. The molecule has 1 radical (unpaired) electrons. The molecular formula is H14MoNaO7. The van der Waals surface area contributed by atoms with E-state index in [-0.39, 0.29) is 89.0 Å². The van der Waals surface area contributed by atoms with E-state index in [1.807, 2.05) is 0 Å². The normalized spacial score (nSPS) is 0. The molecule has 0 aromatic heterocycles. The first-order valence-electron chi connectivity index (χ1n) is 0. The summed E-state index contributed by atoms with van der Waals surface area (Å²) in [6.45, 7) is 0. The van der Waals surface area contributed by atoms with E-state index in [9.17, 15) is 0 Å². The predicted molar refractivity (Wildman–Crippen MR) is 31.1 cm³/mol. The summed E-state index contributed by atoms with van der Waals surface area (Å²) in [6, 6.07) is 0. The van der Waals surface area contributed by atoms with E-state index in [0.717, 1.165) is 0 Å². The van der Waals surface area contributed by atoms with Gasteiger partial charge >= 0.3 is 0 Å². The van der Waals surface area contributed by atoms with Gasteiger partial charge in [-0.1, -0.05) is 0 Å². The van der Waals surface area contributed by atoms with Crippen LogP contribution in [0.25, 0.3) is 0 Å². The Kier molecular flexibility index (Phi) is 17300. The van der Waals surface area contributed by atoms with Crippen LogP contribution in [-0.2, 0) is 21.1 Å². The fourth-order valence-corrected chi connectivity index (χ4v) is 0. The molecule has 0 bridgehead atoms. The third-order valence-electron chi connectivity index (χ3n) is 0. The van der Waals surface area contributed by atoms with Gasteiger partial charge in [-0.25, -0.2) is 0 Å². The van der Waals surface area contributed by atoms with Crippen LogP contribution in [0.1, 0.15) is 0 Å². The summed E-state index contributed by atoms with van der Waals surface area (Å²) in [5.41, 5.74) is 0. The molecule has 0 amide bonds. The molecule has 9 heteroatoms. The van der Waals surface area contributed by atoms with Gasteiger partial charge in [-0.3, -0.25) is 0 Å². The van der Waals surface area contributed by atoms with Crippen molar-refractivity contribution in [2.75, 3.05) is 0 Å². The Morgan fingerprint density at radius 1 is 0.333 bits per heavy atom. The Morgan fingerprint density at radius 2 is 0.333 bits per heavy atom. The van der Waals surface area contributed by atoms with Crippen molar-refractivity contribution in [1.82, 2.24) is 0 Å². The van der Waals surface area contributed by atoms with Crippen LogP contribution in [-0.4, -0.2) is 67.9 Å². The van der Waals surface area contributed by atoms with Gasteiger partial charge in [0.2, 0.25) is 0 Å². The summed E-state index contributed by atoms with van der Waals surface area (Å²) in [4.78, 5) is 0. The summed E-state index contributed by atoms with van der Waals surface area (Å²) in [5.74, 6) is 0. The molecule has 0 rings (SSSR count). The molecule has 0 heterocycles. The monoisotopic (exact) mass is 247 g/mol. The molecule has 0 aromatic rings. The molecule has 7 nitrogen and oxygen atoms in total. The van der Waals surface area contributed by atoms with E-state index in [1.165, 1.54) is 0 Å². The zero-order chi connectivity index (χ0) is 0. The Hall–Kier alpha value is 1.41. The Balaban J connectivity index is 0. The zero-order valence-corrected chi connectivity index (χ0v) is 8.92. The summed E-state index contributed by atoms with van der Waals surface area (Å²) >= 11 is 0. The fourth-order valence-electron chi connectivity index (χ4n) is 0. The molecule has 63 valence electrons. The molecule has 0 saturated heterocycles. The minimum atomic E-state index is 0. The van der Waals surface area contributed by atoms with Crippen LogP contribution < -0.4 is 0 Å². The maximum atomic E-state index is 0. The molecule has 0 spiro atoms. The standard InChI is InChI=1S/Mo.Na.7H2O/h;;7*1H2. The molecule has 0 aliphatic heterocycles. The van der Waals surface area contributed by atoms with Gasteiger partial charge in [-0.05, 0) is 0 Å². The van der Waals surface area contributed by atoms with E-state index in [4.69, 9.17) is 0 Å². The average molecular weight is 245 g/mol. The van der Waals surface area contributed by atoms with Crippen molar-refractivity contribution in [3.63, 3.8) is 0 Å². The molecule has 0 aliphatic rings. The third-order valence-corrected chi connectivity index (χ3v) is 0. The number of hydrogen-bond acceptors (Lipinski definition) is 0. The van der Waals surface area contributed by atoms with Crippen LogP contribution in [0.2, 0.25) is 0 Å². The van der Waals surface area contributed by atoms with E-state index in [0.29, 0.717) is 0 Å². The van der Waals surface area contributed by atoms with Gasteiger partial charge in [0.15, 0.2) is 0 Å². The molecule has 9 heavy (non-hydrogen) atoms. The Morgan fingerprint density at radius 3 is 0.333 bits per heavy atom. The second-order valence-corrected chi connectivity index (χ2v) is 0. The molecular weight excluding hydrogens is 231 g/mol. The van der Waals surface area contributed by atoms with Crippen molar-refractivity contribution in [2.24, 2.45) is 0 Å². The molecule has 0 aliphatic carbocycles. The third kappa shape index (κ3) is 260. The maximum absolute atomic E-state index is 0. The first-order valence-corrected chi connectivity index (χ1v) is 0. The molecule has 14 N–H and O–H groups in total. The van der Waals surface area contributed by atoms with Gasteiger partial charge in [-0.15, -0.1) is 0 Å². The Labute approximate surface area is 88.5 Å². The van der Waals surface area contributed by atoms with Gasteiger partial charge in [0, 0.05) is 50.6 Å². The average Bonchev–Trinajstić information content (AvgIpc) is 0. The van der Waals surface area contributed by atoms with Crippen LogP contribution in [0, 0.1) is 0 Å². The van der Waals surface area contributed by atoms with Crippen molar-refractivity contribution >= 4 is 29.6 Å². The van der Waals surface area contributed by atoms with E-state index in [1.54, 1.807) is 0 Å². The van der Waals surface area contributed by atoms with E-state index < -0.39 is 0 Å². The number of hydrogen-bond donors (Lipinski definition) is 0. The van der Waals surface area contributed by atoms with Crippen LogP contribution in [0.15, 0.2) is 0 Å². The Bertz CT molecular complexity index is 8.88. The van der Waals surface area contributed by atoms with Crippen LogP contribution in [0.4, 0.5) is 0 Å². The minimum Gasteiger partial charge on any atom is -0.412 e. The summed E-state index contributed by atoms with van der Waals surface area (Å²) in [6.07, 6.45) is 0. The molecule has 0 unspecified atom stereocenters. The van der Waals surface area contributed by atoms with Crippen molar-refractivity contribution in [1.29, 1.82) is 0 Å². The first kappa shape index (κ1) is 465. The van der Waals surface area contributed by atoms with Crippen molar-refractivity contribution < 1.29 is 59.4 Å². The number of rotatable bonds is 0. The van der Waals surface area contributed by atoms with Crippen LogP contribution in [0.5, 0.6) is 0 Å². The maximum Gasteiger partial charge on any atom is 0 e. The quantitative estimate of drug-likeness (QED) is 0.363. The predicted octanol–water partition coefficient (Wildman–Crippen LogP) is -6.16. The van der Waals surface area contributed by atoms with E-state index >= 15 is 0 Å². The zero-order valence-electron chi connectivity index (χ0n) is 4.91. The van der Waals surface area contributed by atoms with Crippen molar-refractivity contribution in [3.8, 4) is 0 Å². The second-order valence-electron chi connectivity index (χ2n) is 0. The van der Waals surface area contributed by atoms with Gasteiger partial charge < -0.3 is 38.3 Å². The van der Waals surface area contributed by atoms with Gasteiger partial charge in [0.1, 0.15) is 0 Å². The first-order chi connectivity index (χ1) is 0. The smallest absolute Gasteiger partial charge is 0 e. The fraction of sp³-hybridized carbons (Fsp3) is 0. The van der Waals surface area contributed by atoms with Gasteiger partial charge in [0.25, 0.3) is 0 Å². The van der Waals surface area contributed by atoms with Gasteiger partial charge in [-0.2, -0.15) is 0 Å². The van der Waals surface area contributed by atoms with Crippen LogP contribution >= 0.6 is 0 Å².